The number of nitrogens with two attached hydrogens (primary N) is 1. The van der Waals surface area contributed by atoms with E-state index in [0.29, 0.717) is 11.1 Å². The third-order valence-corrected chi connectivity index (χ3v) is 3.45. The van der Waals surface area contributed by atoms with Crippen molar-refractivity contribution in [2.24, 2.45) is 0 Å². The lowest BCUT2D eigenvalue weighted by Gasteiger charge is -2.18. The SMILES string of the molecule is CC(C)n1c2ccccc2c(=O)c2cc(N)ccc21. The van der Waals surface area contributed by atoms with E-state index in [-0.39, 0.29) is 11.5 Å². The maximum atomic E-state index is 12.5. The van der Waals surface area contributed by atoms with Crippen LogP contribution in [0, 0.1) is 0 Å². The molecule has 3 rings (SSSR count). The van der Waals surface area contributed by atoms with Crippen LogP contribution >= 0.6 is 0 Å². The van der Waals surface area contributed by atoms with Crippen molar-refractivity contribution in [3.63, 3.8) is 0 Å². The summed E-state index contributed by atoms with van der Waals surface area (Å²) in [6.07, 6.45) is 0. The Morgan fingerprint density at radius 1 is 1.00 bits per heavy atom. The second kappa shape index (κ2) is 4.12. The molecule has 3 heteroatoms. The monoisotopic (exact) mass is 252 g/mol. The maximum Gasteiger partial charge on any atom is 0.197 e. The molecule has 0 radical (unpaired) electrons. The van der Waals surface area contributed by atoms with E-state index in [1.807, 2.05) is 36.4 Å². The molecule has 1 heterocycles. The Kier molecular flexibility index (Phi) is 2.56. The normalized spacial score (nSPS) is 11.5. The third-order valence-electron chi connectivity index (χ3n) is 3.45. The Labute approximate surface area is 111 Å². The first-order valence-electron chi connectivity index (χ1n) is 6.42. The number of para-hydroxylation sites is 1. The van der Waals surface area contributed by atoms with E-state index in [0.717, 1.165) is 16.4 Å². The van der Waals surface area contributed by atoms with E-state index >= 15 is 0 Å². The summed E-state index contributed by atoms with van der Waals surface area (Å²) < 4.78 is 2.19. The first-order chi connectivity index (χ1) is 9.09. The highest BCUT2D eigenvalue weighted by Gasteiger charge is 2.12. The van der Waals surface area contributed by atoms with Gasteiger partial charge in [0, 0.05) is 22.5 Å². The largest absolute Gasteiger partial charge is 0.399 e. The Morgan fingerprint density at radius 3 is 2.42 bits per heavy atom. The minimum Gasteiger partial charge on any atom is -0.399 e. The number of anilines is 1. The summed E-state index contributed by atoms with van der Waals surface area (Å²) in [5.74, 6) is 0. The smallest absolute Gasteiger partial charge is 0.197 e. The van der Waals surface area contributed by atoms with Gasteiger partial charge in [-0.1, -0.05) is 12.1 Å². The van der Waals surface area contributed by atoms with Crippen molar-refractivity contribution >= 4 is 27.5 Å². The quantitative estimate of drug-likeness (QED) is 0.533. The molecule has 19 heavy (non-hydrogen) atoms. The zero-order valence-corrected chi connectivity index (χ0v) is 11.1. The zero-order valence-electron chi connectivity index (χ0n) is 11.1. The number of fused-ring (bicyclic) bond motifs is 2. The van der Waals surface area contributed by atoms with Gasteiger partial charge in [0.15, 0.2) is 5.43 Å². The van der Waals surface area contributed by atoms with Gasteiger partial charge in [0.2, 0.25) is 0 Å². The molecule has 0 spiro atoms. The van der Waals surface area contributed by atoms with Crippen LogP contribution < -0.4 is 11.2 Å². The number of aromatic nitrogens is 1. The highest BCUT2D eigenvalue weighted by atomic mass is 16.1. The summed E-state index contributed by atoms with van der Waals surface area (Å²) in [4.78, 5) is 12.5. The predicted octanol–water partition coefficient (Wildman–Crippen LogP) is 3.32. The molecule has 0 amide bonds. The minimum absolute atomic E-state index is 0.0507. The molecule has 2 aromatic carbocycles. The van der Waals surface area contributed by atoms with Crippen LogP contribution in [-0.2, 0) is 0 Å². The number of nitrogen functional groups attached to an aromatic ring is 1. The number of pyridine rings is 1. The van der Waals surface area contributed by atoms with Crippen LogP contribution in [0.3, 0.4) is 0 Å². The average Bonchev–Trinajstić information content (AvgIpc) is 2.39. The molecule has 0 saturated carbocycles. The molecule has 0 atom stereocenters. The van der Waals surface area contributed by atoms with Crippen molar-refractivity contribution in [2.75, 3.05) is 5.73 Å². The number of hydrogen-bond donors (Lipinski definition) is 1. The van der Waals surface area contributed by atoms with Crippen LogP contribution in [0.2, 0.25) is 0 Å². The molecule has 1 aromatic heterocycles. The first-order valence-corrected chi connectivity index (χ1v) is 6.42. The lowest BCUT2D eigenvalue weighted by Crippen LogP contribution is -2.13. The average molecular weight is 252 g/mol. The molecular weight excluding hydrogens is 236 g/mol. The lowest BCUT2D eigenvalue weighted by molar-refractivity contribution is 0.639. The lowest BCUT2D eigenvalue weighted by atomic mass is 10.1. The van der Waals surface area contributed by atoms with Crippen LogP contribution in [0.1, 0.15) is 19.9 Å². The van der Waals surface area contributed by atoms with Crippen molar-refractivity contribution in [3.8, 4) is 0 Å². The van der Waals surface area contributed by atoms with Crippen LogP contribution in [0.5, 0.6) is 0 Å². The van der Waals surface area contributed by atoms with Crippen molar-refractivity contribution in [3.05, 3.63) is 52.7 Å². The molecule has 3 nitrogen and oxygen atoms in total. The van der Waals surface area contributed by atoms with Gasteiger partial charge in [-0.2, -0.15) is 0 Å². The van der Waals surface area contributed by atoms with Crippen molar-refractivity contribution < 1.29 is 0 Å². The molecule has 0 bridgehead atoms. The number of hydrogen-bond acceptors (Lipinski definition) is 2. The van der Waals surface area contributed by atoms with E-state index in [2.05, 4.69) is 18.4 Å². The van der Waals surface area contributed by atoms with Gasteiger partial charge in [0.25, 0.3) is 0 Å². The Balaban J connectivity index is 2.66. The molecule has 0 aliphatic carbocycles. The summed E-state index contributed by atoms with van der Waals surface area (Å²) in [5, 5.41) is 1.43. The first kappa shape index (κ1) is 11.8. The third kappa shape index (κ3) is 1.70. The summed E-state index contributed by atoms with van der Waals surface area (Å²) in [6.45, 7) is 4.24. The van der Waals surface area contributed by atoms with E-state index in [4.69, 9.17) is 5.73 Å². The molecule has 2 N–H and O–H groups in total. The molecule has 3 aromatic rings. The van der Waals surface area contributed by atoms with Gasteiger partial charge in [0.1, 0.15) is 0 Å². The Morgan fingerprint density at radius 2 is 1.68 bits per heavy atom. The topological polar surface area (TPSA) is 48.0 Å². The van der Waals surface area contributed by atoms with Gasteiger partial charge in [-0.25, -0.2) is 0 Å². The molecular formula is C16H16N2O. The maximum absolute atomic E-state index is 12.5. The van der Waals surface area contributed by atoms with Crippen molar-refractivity contribution in [2.45, 2.75) is 19.9 Å². The fourth-order valence-corrected chi connectivity index (χ4v) is 2.65. The standard InChI is InChI=1S/C16H16N2O/c1-10(2)18-14-6-4-3-5-12(14)16(19)13-9-11(17)7-8-15(13)18/h3-10H,17H2,1-2H3. The minimum atomic E-state index is 0.0507. The molecule has 0 aliphatic rings. The van der Waals surface area contributed by atoms with E-state index in [1.54, 1.807) is 6.07 Å². The molecule has 0 unspecified atom stereocenters. The van der Waals surface area contributed by atoms with Gasteiger partial charge in [-0.05, 0) is 44.2 Å². The highest BCUT2D eigenvalue weighted by Crippen LogP contribution is 2.24. The van der Waals surface area contributed by atoms with E-state index < -0.39 is 0 Å². The summed E-state index contributed by atoms with van der Waals surface area (Å²) >= 11 is 0. The van der Waals surface area contributed by atoms with Gasteiger partial charge in [0.05, 0.1) is 11.0 Å². The Bertz CT molecular complexity index is 831. The fraction of sp³-hybridized carbons (Fsp3) is 0.188. The number of nitrogens with zero attached hydrogens (tertiary/aromatic N) is 1. The number of rotatable bonds is 1. The summed E-state index contributed by atoms with van der Waals surface area (Å²) in [6, 6.07) is 13.5. The van der Waals surface area contributed by atoms with E-state index in [1.165, 1.54) is 0 Å². The molecule has 0 aliphatic heterocycles. The van der Waals surface area contributed by atoms with Gasteiger partial charge >= 0.3 is 0 Å². The van der Waals surface area contributed by atoms with Crippen LogP contribution in [0.25, 0.3) is 21.8 Å². The molecule has 0 fully saturated rings. The predicted molar refractivity (Wildman–Crippen MR) is 80.5 cm³/mol. The Hall–Kier alpha value is -2.29. The van der Waals surface area contributed by atoms with Gasteiger partial charge in [-0.3, -0.25) is 4.79 Å². The van der Waals surface area contributed by atoms with E-state index in [9.17, 15) is 4.79 Å². The summed E-state index contributed by atoms with van der Waals surface area (Å²) in [5.41, 5.74) is 8.40. The van der Waals surface area contributed by atoms with Crippen LogP contribution in [-0.4, -0.2) is 4.57 Å². The second-order valence-corrected chi connectivity index (χ2v) is 5.09. The second-order valence-electron chi connectivity index (χ2n) is 5.09. The number of benzene rings is 2. The summed E-state index contributed by atoms with van der Waals surface area (Å²) in [7, 11) is 0. The van der Waals surface area contributed by atoms with Gasteiger partial charge < -0.3 is 10.3 Å². The van der Waals surface area contributed by atoms with Crippen molar-refractivity contribution in [1.82, 2.24) is 4.57 Å². The molecule has 0 saturated heterocycles. The zero-order chi connectivity index (χ0) is 13.6. The van der Waals surface area contributed by atoms with Gasteiger partial charge in [-0.15, -0.1) is 0 Å². The highest BCUT2D eigenvalue weighted by molar-refractivity contribution is 5.94. The van der Waals surface area contributed by atoms with Crippen LogP contribution in [0.15, 0.2) is 47.3 Å². The fourth-order valence-electron chi connectivity index (χ4n) is 2.65. The van der Waals surface area contributed by atoms with Crippen molar-refractivity contribution in [1.29, 1.82) is 0 Å². The molecule has 96 valence electrons. The van der Waals surface area contributed by atoms with Crippen LogP contribution in [0.4, 0.5) is 5.69 Å².